The number of ether oxygens (including phenoxy) is 2. The zero-order chi connectivity index (χ0) is 14.2. The lowest BCUT2D eigenvalue weighted by atomic mass is 9.96. The van der Waals surface area contributed by atoms with E-state index in [0.717, 1.165) is 4.90 Å². The highest BCUT2D eigenvalue weighted by molar-refractivity contribution is 6.02. The lowest BCUT2D eigenvalue weighted by Gasteiger charge is -2.43. The lowest BCUT2D eigenvalue weighted by Crippen LogP contribution is -2.65. The summed E-state index contributed by atoms with van der Waals surface area (Å²) in [5.41, 5.74) is 0. The number of carbonyl (C=O) groups is 3. The fourth-order valence-corrected chi connectivity index (χ4v) is 2.38. The van der Waals surface area contributed by atoms with Gasteiger partial charge in [-0.1, -0.05) is 0 Å². The summed E-state index contributed by atoms with van der Waals surface area (Å²) in [4.78, 5) is 34.9. The van der Waals surface area contributed by atoms with Crippen LogP contribution in [0, 0.1) is 0 Å². The number of carbonyl (C=O) groups excluding carboxylic acids is 3. The molecule has 2 aliphatic heterocycles. The van der Waals surface area contributed by atoms with Gasteiger partial charge in [-0.3, -0.25) is 14.5 Å². The Morgan fingerprint density at radius 1 is 1.26 bits per heavy atom. The number of aldehydes is 1. The van der Waals surface area contributed by atoms with Crippen molar-refractivity contribution in [1.82, 2.24) is 4.90 Å². The molecule has 0 aromatic rings. The second-order valence-electron chi connectivity index (χ2n) is 4.47. The van der Waals surface area contributed by atoms with Crippen LogP contribution in [0.15, 0.2) is 0 Å². The predicted octanol–water partition coefficient (Wildman–Crippen LogP) is -2.20. The third-order valence-corrected chi connectivity index (χ3v) is 3.36. The number of imide groups is 1. The standard InChI is InChI=1S/C11H15NO7/c1-18-11-8(12-6(14)2-3-7(12)15)10(17)9(16)5(4-13)19-11/h4-5,8-11,16-17H,2-3H2,1H3. The molecule has 5 atom stereocenters. The summed E-state index contributed by atoms with van der Waals surface area (Å²) in [6.45, 7) is 0. The summed E-state index contributed by atoms with van der Waals surface area (Å²) >= 11 is 0. The molecule has 8 nitrogen and oxygen atoms in total. The van der Waals surface area contributed by atoms with Crippen molar-refractivity contribution in [3.8, 4) is 0 Å². The second kappa shape index (κ2) is 5.33. The molecule has 0 bridgehead atoms. The molecule has 2 saturated heterocycles. The lowest BCUT2D eigenvalue weighted by molar-refractivity contribution is -0.261. The minimum Gasteiger partial charge on any atom is -0.388 e. The van der Waals surface area contributed by atoms with Gasteiger partial charge in [-0.05, 0) is 0 Å². The van der Waals surface area contributed by atoms with Gasteiger partial charge in [0, 0.05) is 20.0 Å². The third kappa shape index (κ3) is 2.27. The average Bonchev–Trinajstić information content (AvgIpc) is 2.72. The maximum Gasteiger partial charge on any atom is 0.230 e. The molecule has 2 amide bonds. The normalized spacial score (nSPS) is 39.7. The first-order valence-corrected chi connectivity index (χ1v) is 5.85. The van der Waals surface area contributed by atoms with Gasteiger partial charge in [-0.25, -0.2) is 0 Å². The smallest absolute Gasteiger partial charge is 0.230 e. The minimum absolute atomic E-state index is 0.0473. The maximum absolute atomic E-state index is 11.7. The van der Waals surface area contributed by atoms with Crippen LogP contribution in [0.2, 0.25) is 0 Å². The molecule has 0 radical (unpaired) electrons. The summed E-state index contributed by atoms with van der Waals surface area (Å²) in [6, 6.07) is -1.15. The molecular formula is C11H15NO7. The Balaban J connectivity index is 2.28. The van der Waals surface area contributed by atoms with Crippen LogP contribution in [0.1, 0.15) is 12.8 Å². The van der Waals surface area contributed by atoms with Crippen molar-refractivity contribution in [2.45, 2.75) is 43.5 Å². The van der Waals surface area contributed by atoms with E-state index in [1.54, 1.807) is 0 Å². The van der Waals surface area contributed by atoms with Crippen molar-refractivity contribution >= 4 is 18.1 Å². The van der Waals surface area contributed by atoms with Crippen LogP contribution in [0.25, 0.3) is 0 Å². The van der Waals surface area contributed by atoms with Gasteiger partial charge in [0.2, 0.25) is 11.8 Å². The Labute approximate surface area is 108 Å². The van der Waals surface area contributed by atoms with Crippen molar-refractivity contribution < 1.29 is 34.1 Å². The van der Waals surface area contributed by atoms with Crippen molar-refractivity contribution in [2.75, 3.05) is 7.11 Å². The van der Waals surface area contributed by atoms with Gasteiger partial charge in [0.15, 0.2) is 12.6 Å². The van der Waals surface area contributed by atoms with Gasteiger partial charge in [0.25, 0.3) is 0 Å². The molecule has 0 aromatic heterocycles. The van der Waals surface area contributed by atoms with Gasteiger partial charge >= 0.3 is 0 Å². The molecule has 0 aliphatic carbocycles. The minimum atomic E-state index is -1.52. The molecule has 2 aliphatic rings. The van der Waals surface area contributed by atoms with E-state index < -0.39 is 42.5 Å². The highest BCUT2D eigenvalue weighted by Gasteiger charge is 2.51. The number of hydrogen-bond donors (Lipinski definition) is 2. The molecule has 19 heavy (non-hydrogen) atoms. The van der Waals surface area contributed by atoms with E-state index in [1.165, 1.54) is 7.11 Å². The number of methoxy groups -OCH3 is 1. The van der Waals surface area contributed by atoms with Crippen LogP contribution in [0.3, 0.4) is 0 Å². The molecule has 0 saturated carbocycles. The highest BCUT2D eigenvalue weighted by atomic mass is 16.7. The molecule has 2 fully saturated rings. The van der Waals surface area contributed by atoms with E-state index in [9.17, 15) is 24.6 Å². The molecule has 5 unspecified atom stereocenters. The SMILES string of the molecule is COC1OC(C=O)C(O)C(O)C1N1C(=O)CCC1=O. The van der Waals surface area contributed by atoms with Gasteiger partial charge in [0.05, 0.1) is 0 Å². The molecule has 8 heteroatoms. The van der Waals surface area contributed by atoms with Crippen LogP contribution in [-0.2, 0) is 23.9 Å². The Morgan fingerprint density at radius 3 is 2.32 bits per heavy atom. The second-order valence-corrected chi connectivity index (χ2v) is 4.47. The first kappa shape index (κ1) is 14.1. The van der Waals surface area contributed by atoms with Crippen LogP contribution in [0.5, 0.6) is 0 Å². The summed E-state index contributed by atoms with van der Waals surface area (Å²) in [6.07, 6.45) is -5.00. The Hall–Kier alpha value is -1.35. The Kier molecular flexibility index (Phi) is 3.95. The molecule has 2 N–H and O–H groups in total. The fourth-order valence-electron chi connectivity index (χ4n) is 2.38. The number of amides is 2. The topological polar surface area (TPSA) is 113 Å². The number of rotatable bonds is 3. The monoisotopic (exact) mass is 273 g/mol. The Bertz CT molecular complexity index is 381. The maximum atomic E-state index is 11.7. The number of aliphatic hydroxyl groups excluding tert-OH is 2. The zero-order valence-electron chi connectivity index (χ0n) is 10.3. The van der Waals surface area contributed by atoms with Gasteiger partial charge < -0.3 is 24.5 Å². The summed E-state index contributed by atoms with van der Waals surface area (Å²) < 4.78 is 10.1. The number of aliphatic hydroxyl groups is 2. The molecule has 0 spiro atoms. The fraction of sp³-hybridized carbons (Fsp3) is 0.727. The molecular weight excluding hydrogens is 258 g/mol. The first-order chi connectivity index (χ1) is 9.01. The summed E-state index contributed by atoms with van der Waals surface area (Å²) in [5.74, 6) is -0.923. The molecule has 106 valence electrons. The number of nitrogens with zero attached hydrogens (tertiary/aromatic N) is 1. The van der Waals surface area contributed by atoms with E-state index in [0.29, 0.717) is 6.29 Å². The van der Waals surface area contributed by atoms with Crippen molar-refractivity contribution in [3.05, 3.63) is 0 Å². The predicted molar refractivity (Wildman–Crippen MR) is 58.6 cm³/mol. The van der Waals surface area contributed by atoms with E-state index in [1.807, 2.05) is 0 Å². The third-order valence-electron chi connectivity index (χ3n) is 3.36. The highest BCUT2D eigenvalue weighted by Crippen LogP contribution is 2.28. The van der Waals surface area contributed by atoms with Gasteiger partial charge in [0.1, 0.15) is 24.4 Å². The van der Waals surface area contributed by atoms with Crippen molar-refractivity contribution in [3.63, 3.8) is 0 Å². The van der Waals surface area contributed by atoms with Crippen molar-refractivity contribution in [1.29, 1.82) is 0 Å². The van der Waals surface area contributed by atoms with E-state index in [4.69, 9.17) is 9.47 Å². The van der Waals surface area contributed by atoms with Crippen molar-refractivity contribution in [2.24, 2.45) is 0 Å². The molecule has 2 rings (SSSR count). The van der Waals surface area contributed by atoms with Crippen LogP contribution >= 0.6 is 0 Å². The quantitative estimate of drug-likeness (QED) is 0.443. The van der Waals surface area contributed by atoms with Gasteiger partial charge in [-0.15, -0.1) is 0 Å². The van der Waals surface area contributed by atoms with Crippen LogP contribution in [-0.4, -0.2) is 71.0 Å². The van der Waals surface area contributed by atoms with E-state index in [-0.39, 0.29) is 12.8 Å². The first-order valence-electron chi connectivity index (χ1n) is 5.85. The molecule has 2 heterocycles. The largest absolute Gasteiger partial charge is 0.388 e. The molecule has 0 aromatic carbocycles. The van der Waals surface area contributed by atoms with Gasteiger partial charge in [-0.2, -0.15) is 0 Å². The zero-order valence-corrected chi connectivity index (χ0v) is 10.3. The number of likely N-dealkylation sites (tertiary alicyclic amines) is 1. The average molecular weight is 273 g/mol. The van der Waals surface area contributed by atoms with E-state index >= 15 is 0 Å². The van der Waals surface area contributed by atoms with Crippen LogP contribution < -0.4 is 0 Å². The number of hydrogen-bond acceptors (Lipinski definition) is 7. The summed E-state index contributed by atoms with van der Waals surface area (Å²) in [5, 5.41) is 19.8. The Morgan fingerprint density at radius 2 is 1.84 bits per heavy atom. The van der Waals surface area contributed by atoms with Crippen LogP contribution in [0.4, 0.5) is 0 Å². The summed E-state index contributed by atoms with van der Waals surface area (Å²) in [7, 11) is 1.26. The van der Waals surface area contributed by atoms with E-state index in [2.05, 4.69) is 0 Å².